The number of nitrogens with one attached hydrogen (secondary N) is 1. The van der Waals surface area contributed by atoms with Crippen LogP contribution in [0.15, 0.2) is 30.5 Å². The van der Waals surface area contributed by atoms with Crippen molar-refractivity contribution in [3.05, 3.63) is 47.3 Å². The molecule has 1 amide bonds. The molecule has 0 aliphatic heterocycles. The number of amides is 1. The summed E-state index contributed by atoms with van der Waals surface area (Å²) in [5.74, 6) is 0.0400. The van der Waals surface area contributed by atoms with Gasteiger partial charge in [-0.05, 0) is 31.5 Å². The second-order valence-corrected chi connectivity index (χ2v) is 5.51. The van der Waals surface area contributed by atoms with Gasteiger partial charge in [-0.3, -0.25) is 14.3 Å². The third-order valence-corrected chi connectivity index (χ3v) is 3.67. The van der Waals surface area contributed by atoms with E-state index in [-0.39, 0.29) is 24.3 Å². The monoisotopic (exact) mass is 315 g/mol. The van der Waals surface area contributed by atoms with Gasteiger partial charge in [-0.15, -0.1) is 0 Å². The number of nitrogens with zero attached hydrogens (tertiary/aromatic N) is 2. The highest BCUT2D eigenvalue weighted by molar-refractivity contribution is 5.79. The zero-order valence-corrected chi connectivity index (χ0v) is 13.8. The Balaban J connectivity index is 1.94. The fourth-order valence-electron chi connectivity index (χ4n) is 2.34. The maximum Gasteiger partial charge on any atom is 0.308 e. The van der Waals surface area contributed by atoms with E-state index < -0.39 is 0 Å². The summed E-state index contributed by atoms with van der Waals surface area (Å²) in [5.41, 5.74) is 2.89. The number of esters is 1. The lowest BCUT2D eigenvalue weighted by Crippen LogP contribution is -2.28. The van der Waals surface area contributed by atoms with Crippen molar-refractivity contribution in [3.8, 4) is 5.75 Å². The summed E-state index contributed by atoms with van der Waals surface area (Å²) in [5, 5.41) is 7.15. The van der Waals surface area contributed by atoms with E-state index in [4.69, 9.17) is 4.74 Å². The van der Waals surface area contributed by atoms with Crippen LogP contribution in [0.4, 0.5) is 0 Å². The fourth-order valence-corrected chi connectivity index (χ4v) is 2.34. The maximum absolute atomic E-state index is 12.2. The number of carbonyl (C=O) groups is 2. The summed E-state index contributed by atoms with van der Waals surface area (Å²) >= 11 is 0. The predicted octanol–water partition coefficient (Wildman–Crippen LogP) is 2.07. The summed E-state index contributed by atoms with van der Waals surface area (Å²) in [6.45, 7) is 5.26. The van der Waals surface area contributed by atoms with E-state index in [9.17, 15) is 9.59 Å². The molecule has 0 radical (unpaired) electrons. The molecule has 1 aromatic carbocycles. The molecule has 0 saturated heterocycles. The summed E-state index contributed by atoms with van der Waals surface area (Å²) in [6, 6.07) is 6.81. The zero-order valence-electron chi connectivity index (χ0n) is 13.8. The minimum atomic E-state index is -0.365. The molecule has 1 heterocycles. The smallest absolute Gasteiger partial charge is 0.308 e. The molecule has 6 nitrogen and oxygen atoms in total. The molecular weight excluding hydrogens is 294 g/mol. The summed E-state index contributed by atoms with van der Waals surface area (Å²) in [7, 11) is 1.87. The first-order chi connectivity index (χ1) is 10.9. The molecule has 6 heteroatoms. The third kappa shape index (κ3) is 4.42. The third-order valence-electron chi connectivity index (χ3n) is 3.67. The van der Waals surface area contributed by atoms with Crippen LogP contribution < -0.4 is 10.1 Å². The Kier molecular flexibility index (Phi) is 5.16. The van der Waals surface area contributed by atoms with Gasteiger partial charge in [0.05, 0.1) is 18.7 Å². The normalized spacial score (nSPS) is 11.8. The van der Waals surface area contributed by atoms with E-state index in [0.29, 0.717) is 5.75 Å². The van der Waals surface area contributed by atoms with E-state index in [1.165, 1.54) is 6.92 Å². The number of rotatable bonds is 5. The van der Waals surface area contributed by atoms with Gasteiger partial charge >= 0.3 is 5.97 Å². The number of carbonyl (C=O) groups excluding carboxylic acids is 2. The van der Waals surface area contributed by atoms with E-state index >= 15 is 0 Å². The van der Waals surface area contributed by atoms with Gasteiger partial charge in [0.2, 0.25) is 5.91 Å². The second kappa shape index (κ2) is 7.09. The van der Waals surface area contributed by atoms with Crippen LogP contribution in [0, 0.1) is 6.92 Å². The number of benzene rings is 1. The number of ether oxygens (including phenoxy) is 1. The first-order valence-corrected chi connectivity index (χ1v) is 7.42. The van der Waals surface area contributed by atoms with E-state index in [0.717, 1.165) is 16.8 Å². The molecule has 1 aromatic heterocycles. The molecule has 1 atom stereocenters. The largest absolute Gasteiger partial charge is 0.427 e. The Bertz CT molecular complexity index is 704. The first kappa shape index (κ1) is 16.7. The molecule has 2 aromatic rings. The highest BCUT2D eigenvalue weighted by Crippen LogP contribution is 2.17. The molecule has 122 valence electrons. The maximum atomic E-state index is 12.2. The zero-order chi connectivity index (χ0) is 17.0. The fraction of sp³-hybridized carbons (Fsp3) is 0.353. The van der Waals surface area contributed by atoms with Crippen molar-refractivity contribution in [2.45, 2.75) is 33.2 Å². The topological polar surface area (TPSA) is 73.2 Å². The second-order valence-electron chi connectivity index (χ2n) is 5.51. The number of aryl methyl sites for hydroxylation is 1. The van der Waals surface area contributed by atoms with Crippen LogP contribution in [0.3, 0.4) is 0 Å². The molecule has 0 spiro atoms. The van der Waals surface area contributed by atoms with Crippen molar-refractivity contribution in [3.63, 3.8) is 0 Å². The highest BCUT2D eigenvalue weighted by Gasteiger charge is 2.14. The standard InChI is InChI=1S/C17H21N3O3/c1-11(16-10-18-20(4)12(16)2)19-17(22)9-14-5-7-15(8-6-14)23-13(3)21/h5-8,10-11H,9H2,1-4H3,(H,19,22)/t11-/m1/s1. The van der Waals surface area contributed by atoms with Crippen LogP contribution >= 0.6 is 0 Å². The van der Waals surface area contributed by atoms with E-state index in [1.54, 1.807) is 35.1 Å². The lowest BCUT2D eigenvalue weighted by atomic mass is 10.1. The summed E-state index contributed by atoms with van der Waals surface area (Å²) in [6.07, 6.45) is 2.04. The average Bonchev–Trinajstić information content (AvgIpc) is 2.80. The molecule has 0 fully saturated rings. The first-order valence-electron chi connectivity index (χ1n) is 7.42. The lowest BCUT2D eigenvalue weighted by Gasteiger charge is -2.14. The average molecular weight is 315 g/mol. The van der Waals surface area contributed by atoms with Crippen molar-refractivity contribution < 1.29 is 14.3 Å². The number of hydrogen-bond donors (Lipinski definition) is 1. The van der Waals surface area contributed by atoms with Crippen LogP contribution in [0.1, 0.15) is 36.7 Å². The van der Waals surface area contributed by atoms with Gasteiger partial charge < -0.3 is 10.1 Å². The molecule has 0 bridgehead atoms. The Hall–Kier alpha value is -2.63. The van der Waals surface area contributed by atoms with Crippen LogP contribution in [-0.2, 0) is 23.1 Å². The molecule has 0 aliphatic carbocycles. The van der Waals surface area contributed by atoms with Crippen LogP contribution in [0.2, 0.25) is 0 Å². The van der Waals surface area contributed by atoms with Gasteiger partial charge in [0, 0.05) is 25.2 Å². The minimum absolute atomic E-state index is 0.0685. The van der Waals surface area contributed by atoms with E-state index in [2.05, 4.69) is 10.4 Å². The molecule has 1 N–H and O–H groups in total. The molecule has 23 heavy (non-hydrogen) atoms. The van der Waals surface area contributed by atoms with Crippen LogP contribution in [0.25, 0.3) is 0 Å². The Labute approximate surface area is 135 Å². The Morgan fingerprint density at radius 2 is 1.96 bits per heavy atom. The van der Waals surface area contributed by atoms with Crippen molar-refractivity contribution >= 4 is 11.9 Å². The van der Waals surface area contributed by atoms with Gasteiger partial charge in [0.15, 0.2) is 0 Å². The lowest BCUT2D eigenvalue weighted by molar-refractivity contribution is -0.131. The number of hydrogen-bond acceptors (Lipinski definition) is 4. The molecular formula is C17H21N3O3. The Morgan fingerprint density at radius 1 is 1.30 bits per heavy atom. The van der Waals surface area contributed by atoms with Gasteiger partial charge in [-0.2, -0.15) is 5.10 Å². The molecule has 2 rings (SSSR count). The predicted molar refractivity (Wildman–Crippen MR) is 86.0 cm³/mol. The highest BCUT2D eigenvalue weighted by atomic mass is 16.5. The minimum Gasteiger partial charge on any atom is -0.427 e. The molecule has 0 aliphatic rings. The quantitative estimate of drug-likeness (QED) is 0.677. The van der Waals surface area contributed by atoms with Crippen LogP contribution in [-0.4, -0.2) is 21.7 Å². The van der Waals surface area contributed by atoms with Gasteiger partial charge in [-0.1, -0.05) is 12.1 Å². The summed E-state index contributed by atoms with van der Waals surface area (Å²) < 4.78 is 6.75. The van der Waals surface area contributed by atoms with E-state index in [1.807, 2.05) is 20.9 Å². The van der Waals surface area contributed by atoms with Crippen molar-refractivity contribution in [2.24, 2.45) is 7.05 Å². The SMILES string of the molecule is CC(=O)Oc1ccc(CC(=O)N[C@H](C)c2cnn(C)c2C)cc1. The summed E-state index contributed by atoms with van der Waals surface area (Å²) in [4.78, 5) is 23.0. The Morgan fingerprint density at radius 3 is 2.48 bits per heavy atom. The molecule has 0 unspecified atom stereocenters. The molecule has 0 saturated carbocycles. The van der Waals surface area contributed by atoms with Gasteiger partial charge in [-0.25, -0.2) is 0 Å². The van der Waals surface area contributed by atoms with Crippen molar-refractivity contribution in [1.82, 2.24) is 15.1 Å². The van der Waals surface area contributed by atoms with Crippen LogP contribution in [0.5, 0.6) is 5.75 Å². The van der Waals surface area contributed by atoms with Gasteiger partial charge in [0.1, 0.15) is 5.75 Å². The van der Waals surface area contributed by atoms with Crippen molar-refractivity contribution in [1.29, 1.82) is 0 Å². The van der Waals surface area contributed by atoms with Crippen molar-refractivity contribution in [2.75, 3.05) is 0 Å². The van der Waals surface area contributed by atoms with Gasteiger partial charge in [0.25, 0.3) is 0 Å². The number of aromatic nitrogens is 2.